The number of allylic oxidation sites excluding steroid dienone is 1. The SMILES string of the molecule is C=C(CC)C(C(=S)PC)C(C)(C)CCC. The Morgan fingerprint density at radius 1 is 1.40 bits per heavy atom. The summed E-state index contributed by atoms with van der Waals surface area (Å²) in [5.74, 6) is 0.431. The first-order chi connectivity index (χ1) is 6.90. The third kappa shape index (κ3) is 4.33. The van der Waals surface area contributed by atoms with Crippen molar-refractivity contribution in [3.05, 3.63) is 12.2 Å². The summed E-state index contributed by atoms with van der Waals surface area (Å²) in [5, 5.41) is 0. The minimum Gasteiger partial charge on any atom is -0.0992 e. The maximum atomic E-state index is 5.53. The molecule has 0 spiro atoms. The summed E-state index contributed by atoms with van der Waals surface area (Å²) in [7, 11) is 0.756. The summed E-state index contributed by atoms with van der Waals surface area (Å²) in [5.41, 5.74) is 1.59. The van der Waals surface area contributed by atoms with Gasteiger partial charge in [-0.1, -0.05) is 67.1 Å². The highest BCUT2D eigenvalue weighted by atomic mass is 32.1. The van der Waals surface area contributed by atoms with Gasteiger partial charge in [0, 0.05) is 10.5 Å². The van der Waals surface area contributed by atoms with Gasteiger partial charge in [0.15, 0.2) is 0 Å². The highest BCUT2D eigenvalue weighted by Crippen LogP contribution is 2.41. The van der Waals surface area contributed by atoms with E-state index in [1.165, 1.54) is 23.0 Å². The minimum absolute atomic E-state index is 0.280. The molecule has 0 saturated heterocycles. The predicted octanol–water partition coefficient (Wildman–Crippen LogP) is 5.03. The molecule has 0 radical (unpaired) electrons. The first-order valence-electron chi connectivity index (χ1n) is 5.80. The molecular weight excluding hydrogens is 219 g/mol. The summed E-state index contributed by atoms with van der Waals surface area (Å²) < 4.78 is 1.21. The molecule has 88 valence electrons. The lowest BCUT2D eigenvalue weighted by Crippen LogP contribution is -2.29. The average molecular weight is 244 g/mol. The molecule has 0 aliphatic heterocycles. The van der Waals surface area contributed by atoms with Crippen LogP contribution in [0.5, 0.6) is 0 Å². The standard InChI is InChI=1S/C13H25PS/c1-7-9-13(4,5)11(10(3)8-2)12(15)14-6/h11,14H,3,7-9H2,1-2,4-6H3. The molecule has 0 nitrogen and oxygen atoms in total. The second-order valence-electron chi connectivity index (χ2n) is 4.80. The largest absolute Gasteiger partial charge is 0.0992 e. The Morgan fingerprint density at radius 3 is 2.27 bits per heavy atom. The van der Waals surface area contributed by atoms with E-state index in [0.717, 1.165) is 15.0 Å². The van der Waals surface area contributed by atoms with Crippen molar-refractivity contribution >= 4 is 25.4 Å². The van der Waals surface area contributed by atoms with E-state index >= 15 is 0 Å². The fourth-order valence-corrected chi connectivity index (χ4v) is 3.60. The van der Waals surface area contributed by atoms with E-state index in [0.29, 0.717) is 5.92 Å². The molecule has 0 aromatic heterocycles. The van der Waals surface area contributed by atoms with E-state index in [4.69, 9.17) is 12.2 Å². The quantitative estimate of drug-likeness (QED) is 0.344. The van der Waals surface area contributed by atoms with Gasteiger partial charge >= 0.3 is 0 Å². The van der Waals surface area contributed by atoms with Crippen LogP contribution in [0, 0.1) is 11.3 Å². The Bertz CT molecular complexity index is 215. The zero-order valence-electron chi connectivity index (χ0n) is 10.8. The summed E-state index contributed by atoms with van der Waals surface area (Å²) in [4.78, 5) is 0. The first kappa shape index (κ1) is 15.3. The first-order valence-corrected chi connectivity index (χ1v) is 7.70. The Hall–Kier alpha value is 0.260. The van der Waals surface area contributed by atoms with Gasteiger partial charge in [-0.3, -0.25) is 0 Å². The van der Waals surface area contributed by atoms with E-state index in [-0.39, 0.29) is 5.41 Å². The van der Waals surface area contributed by atoms with E-state index in [2.05, 4.69) is 40.9 Å². The summed E-state index contributed by atoms with van der Waals surface area (Å²) in [6, 6.07) is 0. The molecule has 0 aliphatic rings. The van der Waals surface area contributed by atoms with Crippen LogP contribution in [0.25, 0.3) is 0 Å². The molecule has 0 bridgehead atoms. The molecule has 0 fully saturated rings. The molecule has 0 rings (SSSR count). The van der Waals surface area contributed by atoms with Crippen LogP contribution in [0.15, 0.2) is 12.2 Å². The number of hydrogen-bond donors (Lipinski definition) is 0. The maximum Gasteiger partial charge on any atom is 0.0205 e. The molecule has 15 heavy (non-hydrogen) atoms. The van der Waals surface area contributed by atoms with E-state index in [1.54, 1.807) is 0 Å². The summed E-state index contributed by atoms with van der Waals surface area (Å²) >= 11 is 5.53. The lowest BCUT2D eigenvalue weighted by molar-refractivity contribution is 0.281. The summed E-state index contributed by atoms with van der Waals surface area (Å²) in [6.45, 7) is 15.5. The lowest BCUT2D eigenvalue weighted by Gasteiger charge is -2.36. The molecule has 2 atom stereocenters. The molecule has 0 aromatic carbocycles. The smallest absolute Gasteiger partial charge is 0.0205 e. The number of hydrogen-bond acceptors (Lipinski definition) is 1. The van der Waals surface area contributed by atoms with Crippen molar-refractivity contribution < 1.29 is 0 Å². The van der Waals surface area contributed by atoms with Crippen LogP contribution < -0.4 is 0 Å². The van der Waals surface area contributed by atoms with Gasteiger partial charge in [-0.15, -0.1) is 0 Å². The molecule has 0 saturated carbocycles. The Labute approximate surface area is 103 Å². The van der Waals surface area contributed by atoms with Crippen molar-refractivity contribution in [2.45, 2.75) is 47.0 Å². The van der Waals surface area contributed by atoms with Crippen LogP contribution in [0.4, 0.5) is 0 Å². The zero-order valence-corrected chi connectivity index (χ0v) is 12.6. The number of rotatable bonds is 7. The van der Waals surface area contributed by atoms with Crippen LogP contribution in [0.3, 0.4) is 0 Å². The lowest BCUT2D eigenvalue weighted by atomic mass is 9.72. The molecule has 0 heterocycles. The van der Waals surface area contributed by atoms with Gasteiger partial charge in [0.1, 0.15) is 0 Å². The van der Waals surface area contributed by atoms with Crippen LogP contribution >= 0.6 is 20.8 Å². The molecular formula is C13H25PS. The second kappa shape index (κ2) is 6.76. The monoisotopic (exact) mass is 244 g/mol. The van der Waals surface area contributed by atoms with E-state index < -0.39 is 0 Å². The third-order valence-corrected chi connectivity index (χ3v) is 4.68. The van der Waals surface area contributed by atoms with Crippen molar-refractivity contribution in [2.24, 2.45) is 11.3 Å². The normalized spacial score (nSPS) is 14.5. The molecule has 0 aromatic rings. The van der Waals surface area contributed by atoms with Crippen molar-refractivity contribution in [1.29, 1.82) is 0 Å². The van der Waals surface area contributed by atoms with Crippen molar-refractivity contribution in [3.63, 3.8) is 0 Å². The van der Waals surface area contributed by atoms with Crippen LogP contribution in [0.2, 0.25) is 0 Å². The van der Waals surface area contributed by atoms with Crippen molar-refractivity contribution in [3.8, 4) is 0 Å². The molecule has 0 N–H and O–H groups in total. The highest BCUT2D eigenvalue weighted by Gasteiger charge is 2.32. The minimum atomic E-state index is 0.280. The van der Waals surface area contributed by atoms with Gasteiger partial charge in [-0.05, 0) is 24.9 Å². The van der Waals surface area contributed by atoms with Gasteiger partial charge in [-0.2, -0.15) is 0 Å². The fourth-order valence-electron chi connectivity index (χ4n) is 2.23. The van der Waals surface area contributed by atoms with E-state index in [9.17, 15) is 0 Å². The van der Waals surface area contributed by atoms with E-state index in [1.807, 2.05) is 0 Å². The predicted molar refractivity (Wildman–Crippen MR) is 78.4 cm³/mol. The van der Waals surface area contributed by atoms with Gasteiger partial charge in [0.25, 0.3) is 0 Å². The van der Waals surface area contributed by atoms with Gasteiger partial charge < -0.3 is 0 Å². The Kier molecular flexibility index (Phi) is 6.88. The molecule has 2 unspecified atom stereocenters. The second-order valence-corrected chi connectivity index (χ2v) is 6.64. The fraction of sp³-hybridized carbons (Fsp3) is 0.769. The topological polar surface area (TPSA) is 0 Å². The Morgan fingerprint density at radius 2 is 1.93 bits per heavy atom. The Balaban J connectivity index is 4.92. The average Bonchev–Trinajstić information content (AvgIpc) is 2.16. The van der Waals surface area contributed by atoms with Crippen LogP contribution in [-0.4, -0.2) is 11.3 Å². The molecule has 0 aliphatic carbocycles. The van der Waals surface area contributed by atoms with Crippen molar-refractivity contribution in [1.82, 2.24) is 0 Å². The van der Waals surface area contributed by atoms with Gasteiger partial charge in [-0.25, -0.2) is 0 Å². The van der Waals surface area contributed by atoms with Crippen molar-refractivity contribution in [2.75, 3.05) is 6.66 Å². The highest BCUT2D eigenvalue weighted by molar-refractivity contribution is 7.93. The molecule has 0 amide bonds. The summed E-state index contributed by atoms with van der Waals surface area (Å²) in [6.07, 6.45) is 3.49. The maximum absolute atomic E-state index is 5.53. The van der Waals surface area contributed by atoms with Gasteiger partial charge in [0.2, 0.25) is 0 Å². The molecule has 2 heteroatoms. The van der Waals surface area contributed by atoms with Crippen LogP contribution in [-0.2, 0) is 0 Å². The zero-order chi connectivity index (χ0) is 12.1. The number of thiocarbonyl (C=S) groups is 1. The van der Waals surface area contributed by atoms with Gasteiger partial charge in [0.05, 0.1) is 0 Å². The van der Waals surface area contributed by atoms with Crippen LogP contribution in [0.1, 0.15) is 47.0 Å². The third-order valence-electron chi connectivity index (χ3n) is 3.05.